The zero-order valence-electron chi connectivity index (χ0n) is 14.5. The summed E-state index contributed by atoms with van der Waals surface area (Å²) in [5.41, 5.74) is 0.865. The van der Waals surface area contributed by atoms with Crippen LogP contribution in [0.2, 0.25) is 0 Å². The summed E-state index contributed by atoms with van der Waals surface area (Å²) in [5.74, 6) is -1.24. The SMILES string of the molecule is Cc1c(CCC(=O)N2CCCCC2C(=O)O)c(=O)oc2cc(O)ccc12. The smallest absolute Gasteiger partial charge is 0.339 e. The number of rotatable bonds is 4. The number of carbonyl (C=O) groups excluding carboxylic acids is 1. The van der Waals surface area contributed by atoms with Crippen LogP contribution in [-0.2, 0) is 16.0 Å². The van der Waals surface area contributed by atoms with Crippen molar-refractivity contribution < 1.29 is 24.2 Å². The van der Waals surface area contributed by atoms with Crippen molar-refractivity contribution in [3.05, 3.63) is 39.7 Å². The number of amides is 1. The number of phenolic OH excluding ortho intramolecular Hbond substituents is 1. The van der Waals surface area contributed by atoms with E-state index in [9.17, 15) is 24.6 Å². The molecule has 1 unspecified atom stereocenters. The number of carboxylic acids is 1. The van der Waals surface area contributed by atoms with Gasteiger partial charge in [0.1, 0.15) is 17.4 Å². The molecule has 2 heterocycles. The third kappa shape index (κ3) is 3.42. The maximum Gasteiger partial charge on any atom is 0.339 e. The van der Waals surface area contributed by atoms with E-state index < -0.39 is 17.6 Å². The van der Waals surface area contributed by atoms with Gasteiger partial charge in [0.25, 0.3) is 0 Å². The quantitative estimate of drug-likeness (QED) is 0.810. The molecule has 138 valence electrons. The van der Waals surface area contributed by atoms with E-state index in [4.69, 9.17) is 4.42 Å². The summed E-state index contributed by atoms with van der Waals surface area (Å²) >= 11 is 0. The first-order valence-corrected chi connectivity index (χ1v) is 8.66. The number of nitrogens with zero attached hydrogens (tertiary/aromatic N) is 1. The molecule has 26 heavy (non-hydrogen) atoms. The molecule has 0 bridgehead atoms. The molecule has 1 aliphatic rings. The van der Waals surface area contributed by atoms with Gasteiger partial charge in [-0.1, -0.05) is 0 Å². The largest absolute Gasteiger partial charge is 0.508 e. The Balaban J connectivity index is 1.81. The van der Waals surface area contributed by atoms with Crippen LogP contribution in [0, 0.1) is 6.92 Å². The first-order valence-electron chi connectivity index (χ1n) is 8.66. The van der Waals surface area contributed by atoms with Gasteiger partial charge < -0.3 is 19.5 Å². The molecule has 2 aromatic rings. The van der Waals surface area contributed by atoms with Crippen LogP contribution in [0.1, 0.15) is 36.8 Å². The van der Waals surface area contributed by atoms with Crippen LogP contribution in [0.15, 0.2) is 27.4 Å². The van der Waals surface area contributed by atoms with Crippen molar-refractivity contribution in [2.24, 2.45) is 0 Å². The van der Waals surface area contributed by atoms with Gasteiger partial charge in [-0.2, -0.15) is 0 Å². The number of fused-ring (bicyclic) bond motifs is 1. The Labute approximate surface area is 149 Å². The van der Waals surface area contributed by atoms with Crippen molar-refractivity contribution >= 4 is 22.8 Å². The lowest BCUT2D eigenvalue weighted by Gasteiger charge is -2.33. The van der Waals surface area contributed by atoms with Crippen LogP contribution < -0.4 is 5.63 Å². The number of hydrogen-bond donors (Lipinski definition) is 2. The van der Waals surface area contributed by atoms with Crippen molar-refractivity contribution in [1.29, 1.82) is 0 Å². The molecule has 1 fully saturated rings. The van der Waals surface area contributed by atoms with Gasteiger partial charge in [-0.25, -0.2) is 9.59 Å². The monoisotopic (exact) mass is 359 g/mol. The maximum atomic E-state index is 12.5. The number of carbonyl (C=O) groups is 2. The van der Waals surface area contributed by atoms with Gasteiger partial charge in [-0.15, -0.1) is 0 Å². The van der Waals surface area contributed by atoms with Crippen molar-refractivity contribution in [2.75, 3.05) is 6.54 Å². The Hall–Kier alpha value is -2.83. The third-order valence-corrected chi connectivity index (χ3v) is 4.97. The number of hydrogen-bond acceptors (Lipinski definition) is 5. The minimum absolute atomic E-state index is 0.00721. The number of carboxylic acid groups (broad SMARTS) is 1. The Morgan fingerprint density at radius 2 is 2.08 bits per heavy atom. The predicted molar refractivity (Wildman–Crippen MR) is 94.2 cm³/mol. The summed E-state index contributed by atoms with van der Waals surface area (Å²) in [7, 11) is 0. The van der Waals surface area contributed by atoms with E-state index in [0.29, 0.717) is 35.1 Å². The van der Waals surface area contributed by atoms with Gasteiger partial charge in [-0.3, -0.25) is 4.79 Å². The minimum atomic E-state index is -0.987. The lowest BCUT2D eigenvalue weighted by molar-refractivity contribution is -0.152. The fourth-order valence-corrected chi connectivity index (χ4v) is 3.53. The average molecular weight is 359 g/mol. The Morgan fingerprint density at radius 1 is 1.31 bits per heavy atom. The lowest BCUT2D eigenvalue weighted by atomic mass is 9.99. The molecule has 1 aromatic heterocycles. The zero-order chi connectivity index (χ0) is 18.8. The second-order valence-corrected chi connectivity index (χ2v) is 6.61. The highest BCUT2D eigenvalue weighted by Gasteiger charge is 2.31. The van der Waals surface area contributed by atoms with E-state index in [0.717, 1.165) is 12.8 Å². The highest BCUT2D eigenvalue weighted by molar-refractivity contribution is 5.85. The molecule has 0 radical (unpaired) electrons. The van der Waals surface area contributed by atoms with E-state index >= 15 is 0 Å². The van der Waals surface area contributed by atoms with Gasteiger partial charge in [0, 0.05) is 30.0 Å². The fourth-order valence-electron chi connectivity index (χ4n) is 3.53. The fraction of sp³-hybridized carbons (Fsp3) is 0.421. The van der Waals surface area contributed by atoms with E-state index in [2.05, 4.69) is 0 Å². The molecule has 1 amide bonds. The molecule has 3 rings (SSSR count). The Morgan fingerprint density at radius 3 is 2.81 bits per heavy atom. The normalized spacial score (nSPS) is 17.4. The molecule has 1 aliphatic heterocycles. The third-order valence-electron chi connectivity index (χ3n) is 4.97. The average Bonchev–Trinajstić information content (AvgIpc) is 2.60. The number of aromatic hydroxyl groups is 1. The summed E-state index contributed by atoms with van der Waals surface area (Å²) in [4.78, 5) is 37.5. The molecular weight excluding hydrogens is 338 g/mol. The van der Waals surface area contributed by atoms with Crippen molar-refractivity contribution in [3.63, 3.8) is 0 Å². The van der Waals surface area contributed by atoms with Crippen LogP contribution in [0.25, 0.3) is 11.0 Å². The summed E-state index contributed by atoms with van der Waals surface area (Å²) in [5, 5.41) is 19.5. The molecule has 0 saturated carbocycles. The van der Waals surface area contributed by atoms with Gasteiger partial charge in [0.05, 0.1) is 0 Å². The molecule has 7 nitrogen and oxygen atoms in total. The van der Waals surface area contributed by atoms with Gasteiger partial charge in [-0.05, 0) is 50.3 Å². The number of benzene rings is 1. The highest BCUT2D eigenvalue weighted by Crippen LogP contribution is 2.24. The molecule has 1 saturated heterocycles. The summed E-state index contributed by atoms with van der Waals surface area (Å²) in [6, 6.07) is 3.77. The second-order valence-electron chi connectivity index (χ2n) is 6.61. The molecular formula is C19H21NO6. The number of likely N-dealkylation sites (tertiary alicyclic amines) is 1. The van der Waals surface area contributed by atoms with E-state index in [1.165, 1.54) is 17.0 Å². The van der Waals surface area contributed by atoms with Crippen LogP contribution in [0.3, 0.4) is 0 Å². The second kappa shape index (κ2) is 7.19. The first-order chi connectivity index (χ1) is 12.4. The lowest BCUT2D eigenvalue weighted by Crippen LogP contribution is -2.48. The standard InChI is InChI=1S/C19H21NO6/c1-11-13-6-5-12(21)10-16(13)26-19(25)14(11)7-8-17(22)20-9-3-2-4-15(20)18(23)24/h5-6,10,15,21H,2-4,7-9H2,1H3,(H,23,24). The highest BCUT2D eigenvalue weighted by atomic mass is 16.4. The van der Waals surface area contributed by atoms with Crippen molar-refractivity contribution in [1.82, 2.24) is 4.90 Å². The molecule has 1 atom stereocenters. The first kappa shape index (κ1) is 18.0. The van der Waals surface area contributed by atoms with E-state index in [-0.39, 0.29) is 24.5 Å². The summed E-state index contributed by atoms with van der Waals surface area (Å²) < 4.78 is 5.26. The summed E-state index contributed by atoms with van der Waals surface area (Å²) in [6.45, 7) is 2.21. The number of piperidine rings is 1. The Bertz CT molecular complexity index is 916. The Kier molecular flexibility index (Phi) is 4.97. The predicted octanol–water partition coefficient (Wildman–Crippen LogP) is 2.21. The molecule has 2 N–H and O–H groups in total. The van der Waals surface area contributed by atoms with Gasteiger partial charge >= 0.3 is 11.6 Å². The van der Waals surface area contributed by atoms with Crippen LogP contribution in [-0.4, -0.2) is 39.6 Å². The topological polar surface area (TPSA) is 108 Å². The van der Waals surface area contributed by atoms with Crippen LogP contribution >= 0.6 is 0 Å². The number of aryl methyl sites for hydroxylation is 1. The molecule has 1 aromatic carbocycles. The summed E-state index contributed by atoms with van der Waals surface area (Å²) in [6.07, 6.45) is 2.28. The molecule has 0 aliphatic carbocycles. The molecule has 0 spiro atoms. The number of phenols is 1. The van der Waals surface area contributed by atoms with Crippen molar-refractivity contribution in [2.45, 2.75) is 45.1 Å². The van der Waals surface area contributed by atoms with Gasteiger partial charge in [0.2, 0.25) is 5.91 Å². The van der Waals surface area contributed by atoms with Gasteiger partial charge in [0.15, 0.2) is 0 Å². The van der Waals surface area contributed by atoms with E-state index in [1.807, 2.05) is 0 Å². The zero-order valence-corrected chi connectivity index (χ0v) is 14.5. The number of aliphatic carboxylic acids is 1. The van der Waals surface area contributed by atoms with Crippen LogP contribution in [0.4, 0.5) is 0 Å². The van der Waals surface area contributed by atoms with Crippen LogP contribution in [0.5, 0.6) is 5.75 Å². The molecule has 7 heteroatoms. The maximum absolute atomic E-state index is 12.5. The van der Waals surface area contributed by atoms with E-state index in [1.54, 1.807) is 13.0 Å². The minimum Gasteiger partial charge on any atom is -0.508 e. The van der Waals surface area contributed by atoms with Crippen molar-refractivity contribution in [3.8, 4) is 5.75 Å².